The van der Waals surface area contributed by atoms with E-state index in [1.165, 1.54) is 0 Å². The number of carbonyl (C=O) groups excluding carboxylic acids is 1. The van der Waals surface area contributed by atoms with E-state index in [0.29, 0.717) is 5.92 Å². The van der Waals surface area contributed by atoms with Crippen LogP contribution in [0.1, 0.15) is 25.7 Å². The van der Waals surface area contributed by atoms with Gasteiger partial charge in [-0.05, 0) is 18.8 Å². The van der Waals surface area contributed by atoms with Crippen LogP contribution in [0.3, 0.4) is 0 Å². The molecule has 1 atom stereocenters. The van der Waals surface area contributed by atoms with Gasteiger partial charge in [0.15, 0.2) is 9.84 Å². The highest BCUT2D eigenvalue weighted by atomic mass is 32.2. The van der Waals surface area contributed by atoms with Gasteiger partial charge >= 0.3 is 0 Å². The van der Waals surface area contributed by atoms with Gasteiger partial charge in [-0.3, -0.25) is 4.79 Å². The molecule has 80 valence electrons. The first-order valence-electron chi connectivity index (χ1n) is 5.07. The van der Waals surface area contributed by atoms with Crippen LogP contribution in [0, 0.1) is 5.92 Å². The van der Waals surface area contributed by atoms with Crippen LogP contribution in [0.2, 0.25) is 0 Å². The third kappa shape index (κ3) is 2.08. The van der Waals surface area contributed by atoms with Crippen molar-refractivity contribution in [2.45, 2.75) is 31.7 Å². The summed E-state index contributed by atoms with van der Waals surface area (Å²) in [6, 6.07) is -0.122. The minimum atomic E-state index is -3.13. The van der Waals surface area contributed by atoms with Crippen molar-refractivity contribution in [2.24, 2.45) is 5.92 Å². The Morgan fingerprint density at radius 2 is 1.86 bits per heavy atom. The van der Waals surface area contributed by atoms with Crippen LogP contribution in [0.4, 0.5) is 0 Å². The molecule has 1 N–H and O–H groups in total. The lowest BCUT2D eigenvalue weighted by Gasteiger charge is -2.28. The Labute approximate surface area is 84.0 Å². The van der Waals surface area contributed by atoms with Gasteiger partial charge < -0.3 is 5.32 Å². The SMILES string of the molecule is O=C1CS(=O)(=O)CC(C2CCCC2)N1. The van der Waals surface area contributed by atoms with Crippen LogP contribution in [0.25, 0.3) is 0 Å². The second kappa shape index (κ2) is 3.53. The third-order valence-corrected chi connectivity index (χ3v) is 4.67. The highest BCUT2D eigenvalue weighted by Crippen LogP contribution is 2.29. The zero-order valence-electron chi connectivity index (χ0n) is 8.03. The van der Waals surface area contributed by atoms with E-state index in [0.717, 1.165) is 25.7 Å². The predicted molar refractivity (Wildman–Crippen MR) is 52.5 cm³/mol. The first-order chi connectivity index (χ1) is 6.57. The fraction of sp³-hybridized carbons (Fsp3) is 0.889. The lowest BCUT2D eigenvalue weighted by atomic mass is 9.99. The van der Waals surface area contributed by atoms with Crippen molar-refractivity contribution < 1.29 is 13.2 Å². The van der Waals surface area contributed by atoms with Gasteiger partial charge in [-0.1, -0.05) is 12.8 Å². The Kier molecular flexibility index (Phi) is 2.51. The first-order valence-corrected chi connectivity index (χ1v) is 6.89. The molecule has 0 aromatic heterocycles. The van der Waals surface area contributed by atoms with E-state index < -0.39 is 9.84 Å². The van der Waals surface area contributed by atoms with E-state index in [1.807, 2.05) is 0 Å². The van der Waals surface area contributed by atoms with Gasteiger partial charge in [0.2, 0.25) is 5.91 Å². The van der Waals surface area contributed by atoms with Gasteiger partial charge in [-0.15, -0.1) is 0 Å². The van der Waals surface area contributed by atoms with E-state index in [1.54, 1.807) is 0 Å². The first kappa shape index (κ1) is 9.96. The zero-order valence-corrected chi connectivity index (χ0v) is 8.85. The second-order valence-electron chi connectivity index (χ2n) is 4.27. The van der Waals surface area contributed by atoms with E-state index in [2.05, 4.69) is 5.32 Å². The molecule has 2 fully saturated rings. The number of hydrogen-bond donors (Lipinski definition) is 1. The summed E-state index contributed by atoms with van der Waals surface area (Å²) in [5, 5.41) is 2.80. The Morgan fingerprint density at radius 3 is 2.43 bits per heavy atom. The molecule has 0 spiro atoms. The number of sulfone groups is 1. The van der Waals surface area contributed by atoms with Gasteiger partial charge in [-0.2, -0.15) is 0 Å². The predicted octanol–water partition coefficient (Wildman–Crippen LogP) is 0.0898. The van der Waals surface area contributed by atoms with E-state index >= 15 is 0 Å². The topological polar surface area (TPSA) is 63.2 Å². The number of nitrogens with one attached hydrogen (secondary N) is 1. The van der Waals surface area contributed by atoms with Crippen molar-refractivity contribution in [3.05, 3.63) is 0 Å². The summed E-state index contributed by atoms with van der Waals surface area (Å²) < 4.78 is 22.7. The molecule has 1 aliphatic heterocycles. The molecule has 1 heterocycles. The summed E-state index contributed by atoms with van der Waals surface area (Å²) in [4.78, 5) is 11.2. The quantitative estimate of drug-likeness (QED) is 0.677. The molecule has 1 aliphatic carbocycles. The van der Waals surface area contributed by atoms with Crippen LogP contribution in [-0.4, -0.2) is 31.9 Å². The lowest BCUT2D eigenvalue weighted by Crippen LogP contribution is -2.51. The van der Waals surface area contributed by atoms with Crippen LogP contribution < -0.4 is 5.32 Å². The summed E-state index contributed by atoms with van der Waals surface area (Å²) in [6.45, 7) is 0. The maximum atomic E-state index is 11.4. The second-order valence-corrected chi connectivity index (χ2v) is 6.38. The lowest BCUT2D eigenvalue weighted by molar-refractivity contribution is -0.119. The zero-order chi connectivity index (χ0) is 10.2. The molecule has 2 aliphatic rings. The van der Waals surface area contributed by atoms with Crippen molar-refractivity contribution >= 4 is 15.7 Å². The monoisotopic (exact) mass is 217 g/mol. The Bertz CT molecular complexity index is 330. The molecule has 4 nitrogen and oxygen atoms in total. The molecule has 0 bridgehead atoms. The van der Waals surface area contributed by atoms with Crippen LogP contribution in [0.5, 0.6) is 0 Å². The molecule has 1 amide bonds. The summed E-state index contributed by atoms with van der Waals surface area (Å²) in [6.07, 6.45) is 4.44. The van der Waals surface area contributed by atoms with Gasteiger partial charge in [-0.25, -0.2) is 8.42 Å². The molecule has 2 rings (SSSR count). The highest BCUT2D eigenvalue weighted by Gasteiger charge is 2.35. The van der Waals surface area contributed by atoms with Crippen molar-refractivity contribution in [3.63, 3.8) is 0 Å². The van der Waals surface area contributed by atoms with E-state index in [4.69, 9.17) is 0 Å². The van der Waals surface area contributed by atoms with Gasteiger partial charge in [0, 0.05) is 6.04 Å². The minimum Gasteiger partial charge on any atom is -0.351 e. The van der Waals surface area contributed by atoms with E-state index in [9.17, 15) is 13.2 Å². The molecular weight excluding hydrogens is 202 g/mol. The highest BCUT2D eigenvalue weighted by molar-refractivity contribution is 7.92. The number of amides is 1. The number of carbonyl (C=O) groups is 1. The summed E-state index contributed by atoms with van der Waals surface area (Å²) in [7, 11) is -3.13. The standard InChI is InChI=1S/C9H15NO3S/c11-9-6-14(12,13)5-8(10-9)7-3-1-2-4-7/h7-8H,1-6H2,(H,10,11). The average Bonchev–Trinajstić information content (AvgIpc) is 2.51. The van der Waals surface area contributed by atoms with Crippen LogP contribution >= 0.6 is 0 Å². The molecule has 1 unspecified atom stereocenters. The van der Waals surface area contributed by atoms with Gasteiger partial charge in [0.25, 0.3) is 0 Å². The maximum absolute atomic E-state index is 11.4. The smallest absolute Gasteiger partial charge is 0.235 e. The van der Waals surface area contributed by atoms with Crippen molar-refractivity contribution in [3.8, 4) is 0 Å². The van der Waals surface area contributed by atoms with Crippen LogP contribution in [-0.2, 0) is 14.6 Å². The van der Waals surface area contributed by atoms with Crippen molar-refractivity contribution in [1.82, 2.24) is 5.32 Å². The molecule has 14 heavy (non-hydrogen) atoms. The summed E-state index contributed by atoms with van der Waals surface area (Å²) >= 11 is 0. The number of hydrogen-bond acceptors (Lipinski definition) is 3. The third-order valence-electron chi connectivity index (χ3n) is 3.10. The Balaban J connectivity index is 2.08. The summed E-state index contributed by atoms with van der Waals surface area (Å²) in [5.41, 5.74) is 0. The number of rotatable bonds is 1. The molecule has 1 saturated carbocycles. The van der Waals surface area contributed by atoms with Crippen LogP contribution in [0.15, 0.2) is 0 Å². The maximum Gasteiger partial charge on any atom is 0.235 e. The largest absolute Gasteiger partial charge is 0.351 e. The Hall–Kier alpha value is -0.580. The minimum absolute atomic E-state index is 0.122. The molecule has 0 radical (unpaired) electrons. The molecule has 1 saturated heterocycles. The normalized spacial score (nSPS) is 32.9. The van der Waals surface area contributed by atoms with E-state index in [-0.39, 0.29) is 23.5 Å². The van der Waals surface area contributed by atoms with Gasteiger partial charge in [0.05, 0.1) is 5.75 Å². The summed E-state index contributed by atoms with van der Waals surface area (Å²) in [5.74, 6) is -0.123. The fourth-order valence-corrected chi connectivity index (χ4v) is 3.94. The molecular formula is C9H15NO3S. The Morgan fingerprint density at radius 1 is 1.21 bits per heavy atom. The molecule has 0 aromatic rings. The van der Waals surface area contributed by atoms with Crippen molar-refractivity contribution in [2.75, 3.05) is 11.5 Å². The average molecular weight is 217 g/mol. The fourth-order valence-electron chi connectivity index (χ4n) is 2.44. The molecule has 0 aromatic carbocycles. The van der Waals surface area contributed by atoms with Gasteiger partial charge in [0.1, 0.15) is 5.75 Å². The van der Waals surface area contributed by atoms with Crippen molar-refractivity contribution in [1.29, 1.82) is 0 Å². The molecule has 5 heteroatoms.